The van der Waals surface area contributed by atoms with Crippen LogP contribution < -0.4 is 10.1 Å². The summed E-state index contributed by atoms with van der Waals surface area (Å²) in [6, 6.07) is 5.87. The number of benzene rings is 1. The van der Waals surface area contributed by atoms with Gasteiger partial charge in [-0.25, -0.2) is 4.98 Å². The number of carboxylic acid groups (broad SMARTS) is 1. The predicted octanol–water partition coefficient (Wildman–Crippen LogP) is 4.18. The van der Waals surface area contributed by atoms with E-state index in [9.17, 15) is 4.79 Å². The first-order valence-electron chi connectivity index (χ1n) is 10.2. The van der Waals surface area contributed by atoms with Crippen LogP contribution in [0.2, 0.25) is 0 Å². The van der Waals surface area contributed by atoms with Crippen LogP contribution in [0.4, 0.5) is 0 Å². The zero-order valence-corrected chi connectivity index (χ0v) is 17.1. The molecule has 1 saturated carbocycles. The highest BCUT2D eigenvalue weighted by Crippen LogP contribution is 2.38. The van der Waals surface area contributed by atoms with Gasteiger partial charge in [0.15, 0.2) is 0 Å². The fourth-order valence-electron chi connectivity index (χ4n) is 3.84. The minimum atomic E-state index is -0.809. The summed E-state index contributed by atoms with van der Waals surface area (Å²) in [6.07, 6.45) is 6.76. The topological polar surface area (TPSA) is 84.3 Å². The van der Waals surface area contributed by atoms with E-state index in [4.69, 9.17) is 9.84 Å². The summed E-state index contributed by atoms with van der Waals surface area (Å²) >= 11 is 0. The minimum absolute atomic E-state index is 0.0966. The standard InChI is InChI=1S/C22H31N3O3/c1-22(2,3)15-4-6-17(7-5-15)28-18-8-9-19-20(12-18)24-14-16(25-19)13-23-11-10-21(26)27/h8-9,12,14-15,17,23H,4-7,10-11,13H2,1-3H3,(H,26,27)/t15-,17-. The lowest BCUT2D eigenvalue weighted by Crippen LogP contribution is -2.30. The lowest BCUT2D eigenvalue weighted by atomic mass is 9.72. The highest BCUT2D eigenvalue weighted by Gasteiger charge is 2.30. The largest absolute Gasteiger partial charge is 0.490 e. The van der Waals surface area contributed by atoms with Crippen molar-refractivity contribution in [1.82, 2.24) is 15.3 Å². The molecule has 1 aromatic heterocycles. The number of hydrogen-bond donors (Lipinski definition) is 2. The Morgan fingerprint density at radius 1 is 1.21 bits per heavy atom. The van der Waals surface area contributed by atoms with Gasteiger partial charge in [-0.05, 0) is 49.1 Å². The van der Waals surface area contributed by atoms with Gasteiger partial charge in [0.2, 0.25) is 0 Å². The average molecular weight is 386 g/mol. The number of nitrogens with zero attached hydrogens (tertiary/aromatic N) is 2. The van der Waals surface area contributed by atoms with Gasteiger partial charge in [-0.2, -0.15) is 0 Å². The third-order valence-electron chi connectivity index (χ3n) is 5.59. The quantitative estimate of drug-likeness (QED) is 0.696. The van der Waals surface area contributed by atoms with Crippen LogP contribution >= 0.6 is 0 Å². The number of fused-ring (bicyclic) bond motifs is 1. The van der Waals surface area contributed by atoms with E-state index in [0.717, 1.165) is 41.2 Å². The molecule has 0 spiro atoms. The van der Waals surface area contributed by atoms with Gasteiger partial charge in [0, 0.05) is 19.2 Å². The zero-order chi connectivity index (χ0) is 20.1. The highest BCUT2D eigenvalue weighted by molar-refractivity contribution is 5.75. The van der Waals surface area contributed by atoms with Crippen molar-refractivity contribution >= 4 is 17.0 Å². The molecule has 6 nitrogen and oxygen atoms in total. The van der Waals surface area contributed by atoms with Gasteiger partial charge in [-0.1, -0.05) is 20.8 Å². The number of carbonyl (C=O) groups is 1. The summed E-state index contributed by atoms with van der Waals surface area (Å²) in [7, 11) is 0. The molecule has 0 atom stereocenters. The molecule has 1 aliphatic carbocycles. The van der Waals surface area contributed by atoms with E-state index >= 15 is 0 Å². The molecule has 1 heterocycles. The van der Waals surface area contributed by atoms with E-state index in [1.807, 2.05) is 18.2 Å². The number of aliphatic carboxylic acids is 1. The number of hydrogen-bond acceptors (Lipinski definition) is 5. The Labute approximate surface area is 166 Å². The van der Waals surface area contributed by atoms with Crippen molar-refractivity contribution in [2.45, 2.75) is 65.5 Å². The van der Waals surface area contributed by atoms with Gasteiger partial charge in [-0.15, -0.1) is 0 Å². The molecular weight excluding hydrogens is 354 g/mol. The van der Waals surface area contributed by atoms with Gasteiger partial charge >= 0.3 is 5.97 Å². The predicted molar refractivity (Wildman–Crippen MR) is 109 cm³/mol. The number of aromatic nitrogens is 2. The third-order valence-corrected chi connectivity index (χ3v) is 5.59. The van der Waals surface area contributed by atoms with Gasteiger partial charge < -0.3 is 15.2 Å². The van der Waals surface area contributed by atoms with Crippen LogP contribution in [0.5, 0.6) is 5.75 Å². The van der Waals surface area contributed by atoms with E-state index in [-0.39, 0.29) is 12.5 Å². The van der Waals surface area contributed by atoms with Crippen LogP contribution in [-0.4, -0.2) is 33.7 Å². The molecule has 1 aromatic carbocycles. The maximum Gasteiger partial charge on any atom is 0.304 e. The molecule has 2 aromatic rings. The number of nitrogens with one attached hydrogen (secondary N) is 1. The molecule has 0 radical (unpaired) electrons. The second-order valence-corrected chi connectivity index (χ2v) is 8.79. The Balaban J connectivity index is 1.56. The lowest BCUT2D eigenvalue weighted by molar-refractivity contribution is -0.136. The van der Waals surface area contributed by atoms with E-state index in [1.165, 1.54) is 12.8 Å². The Bertz CT molecular complexity index is 808. The Morgan fingerprint density at radius 3 is 2.64 bits per heavy atom. The van der Waals surface area contributed by atoms with Crippen LogP contribution in [0, 0.1) is 11.3 Å². The Morgan fingerprint density at radius 2 is 1.96 bits per heavy atom. The molecule has 3 rings (SSSR count). The first-order chi connectivity index (χ1) is 13.3. The minimum Gasteiger partial charge on any atom is -0.490 e. The molecule has 0 amide bonds. The molecular formula is C22H31N3O3. The van der Waals surface area contributed by atoms with Gasteiger partial charge in [0.25, 0.3) is 0 Å². The van der Waals surface area contributed by atoms with Crippen molar-refractivity contribution in [3.63, 3.8) is 0 Å². The van der Waals surface area contributed by atoms with Crippen molar-refractivity contribution < 1.29 is 14.6 Å². The van der Waals surface area contributed by atoms with Crippen LogP contribution in [0.1, 0.15) is 58.6 Å². The fraction of sp³-hybridized carbons (Fsp3) is 0.591. The lowest BCUT2D eigenvalue weighted by Gasteiger charge is -2.36. The monoisotopic (exact) mass is 385 g/mol. The summed E-state index contributed by atoms with van der Waals surface area (Å²) in [5, 5.41) is 11.7. The third kappa shape index (κ3) is 5.64. The van der Waals surface area contributed by atoms with Crippen molar-refractivity contribution in [3.8, 4) is 5.75 Å². The Hall–Kier alpha value is -2.21. The van der Waals surface area contributed by atoms with E-state index in [0.29, 0.717) is 18.5 Å². The fourth-order valence-corrected chi connectivity index (χ4v) is 3.84. The zero-order valence-electron chi connectivity index (χ0n) is 17.1. The van der Waals surface area contributed by atoms with Crippen LogP contribution in [-0.2, 0) is 11.3 Å². The highest BCUT2D eigenvalue weighted by atomic mass is 16.5. The molecule has 0 aliphatic heterocycles. The maximum absolute atomic E-state index is 10.5. The summed E-state index contributed by atoms with van der Waals surface area (Å²) in [5.74, 6) is 0.821. The summed E-state index contributed by atoms with van der Waals surface area (Å²) in [5.41, 5.74) is 2.81. The van der Waals surface area contributed by atoms with Crippen LogP contribution in [0.25, 0.3) is 11.0 Å². The second kappa shape index (κ2) is 8.86. The molecule has 0 bridgehead atoms. The first kappa shape index (κ1) is 20.5. The average Bonchev–Trinajstić information content (AvgIpc) is 2.65. The number of rotatable bonds is 7. The van der Waals surface area contributed by atoms with E-state index in [1.54, 1.807) is 6.20 Å². The molecule has 0 saturated heterocycles. The molecule has 0 unspecified atom stereocenters. The smallest absolute Gasteiger partial charge is 0.304 e. The van der Waals surface area contributed by atoms with Crippen molar-refractivity contribution in [2.75, 3.05) is 6.54 Å². The molecule has 6 heteroatoms. The van der Waals surface area contributed by atoms with Crippen molar-refractivity contribution in [3.05, 3.63) is 30.1 Å². The first-order valence-corrected chi connectivity index (χ1v) is 10.2. The van der Waals surface area contributed by atoms with Gasteiger partial charge in [0.1, 0.15) is 5.75 Å². The van der Waals surface area contributed by atoms with Crippen LogP contribution in [0.15, 0.2) is 24.4 Å². The van der Waals surface area contributed by atoms with Crippen molar-refractivity contribution in [2.24, 2.45) is 11.3 Å². The van der Waals surface area contributed by atoms with E-state index in [2.05, 4.69) is 36.1 Å². The molecule has 2 N–H and O–H groups in total. The molecule has 152 valence electrons. The maximum atomic E-state index is 10.5. The van der Waals surface area contributed by atoms with Crippen LogP contribution in [0.3, 0.4) is 0 Å². The van der Waals surface area contributed by atoms with Crippen molar-refractivity contribution in [1.29, 1.82) is 0 Å². The number of ether oxygens (including phenoxy) is 1. The summed E-state index contributed by atoms with van der Waals surface area (Å²) in [4.78, 5) is 19.6. The molecule has 28 heavy (non-hydrogen) atoms. The van der Waals surface area contributed by atoms with E-state index < -0.39 is 5.97 Å². The summed E-state index contributed by atoms with van der Waals surface area (Å²) < 4.78 is 6.22. The normalized spacial score (nSPS) is 20.2. The number of carboxylic acids is 1. The molecule has 1 fully saturated rings. The second-order valence-electron chi connectivity index (χ2n) is 8.79. The SMILES string of the molecule is CC(C)(C)[C@H]1CC[C@H](Oc2ccc3nc(CNCCC(=O)O)cnc3c2)CC1. The molecule has 1 aliphatic rings. The van der Waals surface area contributed by atoms with Gasteiger partial charge in [-0.3, -0.25) is 9.78 Å². The van der Waals surface area contributed by atoms with Gasteiger partial charge in [0.05, 0.1) is 35.4 Å². The Kier molecular flexibility index (Phi) is 6.50. The summed E-state index contributed by atoms with van der Waals surface area (Å²) in [6.45, 7) is 7.91.